The molecule has 2 aromatic rings. The molecule has 0 spiro atoms. The smallest absolute Gasteiger partial charge is 0.254 e. The minimum Gasteiger partial charge on any atom is -0.474 e. The van der Waals surface area contributed by atoms with Crippen molar-refractivity contribution in [2.24, 2.45) is 5.92 Å². The van der Waals surface area contributed by atoms with Gasteiger partial charge in [-0.15, -0.1) is 10.2 Å². The van der Waals surface area contributed by atoms with Gasteiger partial charge in [-0.2, -0.15) is 0 Å². The molecule has 0 aromatic carbocycles. The third-order valence-electron chi connectivity index (χ3n) is 5.06. The molecule has 1 N–H and O–H groups in total. The molecule has 8 nitrogen and oxygen atoms in total. The predicted molar refractivity (Wildman–Crippen MR) is 99.7 cm³/mol. The number of ether oxygens (including phenoxy) is 1. The molecule has 2 fully saturated rings. The van der Waals surface area contributed by atoms with Gasteiger partial charge in [0.05, 0.1) is 0 Å². The number of rotatable bonds is 5. The fourth-order valence-electron chi connectivity index (χ4n) is 3.23. The Bertz CT molecular complexity index is 801. The summed E-state index contributed by atoms with van der Waals surface area (Å²) in [6, 6.07) is 3.43. The van der Waals surface area contributed by atoms with E-state index in [4.69, 9.17) is 4.74 Å². The highest BCUT2D eigenvalue weighted by molar-refractivity contribution is 7.13. The number of carbonyl (C=O) groups is 2. The number of aromatic nitrogens is 3. The number of nitrogens with zero attached hydrogens (tertiary/aromatic N) is 4. The topological polar surface area (TPSA) is 97.3 Å². The number of amides is 2. The minimum atomic E-state index is -0.118. The second-order valence-corrected chi connectivity index (χ2v) is 7.69. The molecule has 0 unspecified atom stereocenters. The molecule has 2 amide bonds. The van der Waals surface area contributed by atoms with Crippen LogP contribution in [0.4, 0.5) is 5.13 Å². The lowest BCUT2D eigenvalue weighted by Crippen LogP contribution is -2.41. The van der Waals surface area contributed by atoms with Crippen molar-refractivity contribution in [2.45, 2.75) is 38.2 Å². The number of hydrogen-bond donors (Lipinski definition) is 1. The number of nitrogens with one attached hydrogen (secondary N) is 1. The first-order valence-corrected chi connectivity index (χ1v) is 10.1. The summed E-state index contributed by atoms with van der Waals surface area (Å²) in [6.45, 7) is 1.10. The van der Waals surface area contributed by atoms with E-state index < -0.39 is 0 Å². The van der Waals surface area contributed by atoms with Crippen LogP contribution in [0.3, 0.4) is 0 Å². The maximum absolute atomic E-state index is 12.8. The SMILES string of the molecule is O=C(Nc1nncs1)C1CCN(C(=O)c2ccnc(OC3CCC3)c2)CC1. The van der Waals surface area contributed by atoms with E-state index in [9.17, 15) is 9.59 Å². The van der Waals surface area contributed by atoms with Crippen molar-refractivity contribution in [3.05, 3.63) is 29.4 Å². The van der Waals surface area contributed by atoms with Crippen molar-refractivity contribution in [3.8, 4) is 5.88 Å². The second-order valence-electron chi connectivity index (χ2n) is 6.85. The molecule has 3 heterocycles. The molecular formula is C18H21N5O3S. The molecule has 4 rings (SSSR count). The van der Waals surface area contributed by atoms with Crippen LogP contribution in [0, 0.1) is 5.92 Å². The Morgan fingerprint density at radius 2 is 2.04 bits per heavy atom. The molecule has 1 saturated heterocycles. The molecule has 142 valence electrons. The predicted octanol–water partition coefficient (Wildman–Crippen LogP) is 2.36. The van der Waals surface area contributed by atoms with Gasteiger partial charge in [0.25, 0.3) is 5.91 Å². The Balaban J connectivity index is 1.31. The van der Waals surface area contributed by atoms with Gasteiger partial charge in [-0.3, -0.25) is 9.59 Å². The minimum absolute atomic E-state index is 0.0427. The van der Waals surface area contributed by atoms with Crippen LogP contribution < -0.4 is 10.1 Å². The number of anilines is 1. The van der Waals surface area contributed by atoms with Crippen LogP contribution in [0.5, 0.6) is 5.88 Å². The zero-order chi connectivity index (χ0) is 18.6. The van der Waals surface area contributed by atoms with Crippen molar-refractivity contribution < 1.29 is 14.3 Å². The lowest BCUT2D eigenvalue weighted by atomic mass is 9.95. The van der Waals surface area contributed by atoms with E-state index in [2.05, 4.69) is 20.5 Å². The highest BCUT2D eigenvalue weighted by atomic mass is 32.1. The largest absolute Gasteiger partial charge is 0.474 e. The maximum atomic E-state index is 12.8. The van der Waals surface area contributed by atoms with Gasteiger partial charge in [-0.1, -0.05) is 11.3 Å². The molecule has 2 aromatic heterocycles. The zero-order valence-corrected chi connectivity index (χ0v) is 15.7. The molecular weight excluding hydrogens is 366 g/mol. The summed E-state index contributed by atoms with van der Waals surface area (Å²) in [5.41, 5.74) is 2.16. The summed E-state index contributed by atoms with van der Waals surface area (Å²) in [6.07, 6.45) is 6.39. The summed E-state index contributed by atoms with van der Waals surface area (Å²) in [5, 5.41) is 10.8. The van der Waals surface area contributed by atoms with Crippen LogP contribution in [-0.2, 0) is 4.79 Å². The van der Waals surface area contributed by atoms with Crippen LogP contribution in [0.15, 0.2) is 23.8 Å². The summed E-state index contributed by atoms with van der Waals surface area (Å²) in [7, 11) is 0. The van der Waals surface area contributed by atoms with Gasteiger partial charge in [0, 0.05) is 36.8 Å². The Morgan fingerprint density at radius 1 is 1.22 bits per heavy atom. The highest BCUT2D eigenvalue weighted by Gasteiger charge is 2.28. The molecule has 1 aliphatic carbocycles. The molecule has 1 saturated carbocycles. The number of carbonyl (C=O) groups excluding carboxylic acids is 2. The van der Waals surface area contributed by atoms with Crippen molar-refractivity contribution in [1.82, 2.24) is 20.1 Å². The van der Waals surface area contributed by atoms with Gasteiger partial charge < -0.3 is 15.0 Å². The first-order chi connectivity index (χ1) is 13.2. The Hall–Kier alpha value is -2.55. The summed E-state index contributed by atoms with van der Waals surface area (Å²) in [4.78, 5) is 31.1. The maximum Gasteiger partial charge on any atom is 0.254 e. The average Bonchev–Trinajstić information content (AvgIpc) is 3.17. The van der Waals surface area contributed by atoms with Gasteiger partial charge in [-0.05, 0) is 38.2 Å². The number of piperidine rings is 1. The molecule has 27 heavy (non-hydrogen) atoms. The van der Waals surface area contributed by atoms with E-state index in [1.54, 1.807) is 28.7 Å². The molecule has 0 bridgehead atoms. The fourth-order valence-corrected chi connectivity index (χ4v) is 3.68. The van der Waals surface area contributed by atoms with Crippen LogP contribution in [0.2, 0.25) is 0 Å². The molecule has 1 aliphatic heterocycles. The zero-order valence-electron chi connectivity index (χ0n) is 14.8. The third-order valence-corrected chi connectivity index (χ3v) is 5.67. The average molecular weight is 387 g/mol. The van der Waals surface area contributed by atoms with E-state index in [0.717, 1.165) is 12.8 Å². The van der Waals surface area contributed by atoms with Crippen molar-refractivity contribution >= 4 is 28.3 Å². The molecule has 9 heteroatoms. The van der Waals surface area contributed by atoms with E-state index in [-0.39, 0.29) is 23.8 Å². The van der Waals surface area contributed by atoms with Gasteiger partial charge in [0.15, 0.2) is 0 Å². The molecule has 0 atom stereocenters. The van der Waals surface area contributed by atoms with E-state index in [0.29, 0.717) is 42.5 Å². The van der Waals surface area contributed by atoms with Crippen molar-refractivity contribution in [2.75, 3.05) is 18.4 Å². The van der Waals surface area contributed by atoms with Crippen LogP contribution in [-0.4, -0.2) is 51.1 Å². The standard InChI is InChI=1S/C18H21N5O3S/c24-16(21-18-22-20-11-27-18)12-5-8-23(9-6-12)17(25)13-4-7-19-15(10-13)26-14-2-1-3-14/h4,7,10-12,14H,1-3,5-6,8-9H2,(H,21,22,24). The van der Waals surface area contributed by atoms with Gasteiger partial charge >= 0.3 is 0 Å². The van der Waals surface area contributed by atoms with Gasteiger partial charge in [-0.25, -0.2) is 4.98 Å². The number of pyridine rings is 1. The van der Waals surface area contributed by atoms with Crippen molar-refractivity contribution in [3.63, 3.8) is 0 Å². The van der Waals surface area contributed by atoms with E-state index in [1.165, 1.54) is 17.8 Å². The Labute approximate surface area is 161 Å². The van der Waals surface area contributed by atoms with Gasteiger partial charge in [0.1, 0.15) is 11.6 Å². The van der Waals surface area contributed by atoms with E-state index >= 15 is 0 Å². The number of hydrogen-bond acceptors (Lipinski definition) is 7. The Kier molecular flexibility index (Phi) is 5.28. The van der Waals surface area contributed by atoms with Crippen LogP contribution in [0.1, 0.15) is 42.5 Å². The van der Waals surface area contributed by atoms with Gasteiger partial charge in [0.2, 0.25) is 16.9 Å². The molecule has 2 aliphatic rings. The van der Waals surface area contributed by atoms with E-state index in [1.807, 2.05) is 0 Å². The lowest BCUT2D eigenvalue weighted by molar-refractivity contribution is -0.121. The first-order valence-electron chi connectivity index (χ1n) is 9.18. The van der Waals surface area contributed by atoms with Crippen molar-refractivity contribution in [1.29, 1.82) is 0 Å². The summed E-state index contributed by atoms with van der Waals surface area (Å²) in [5.74, 6) is 0.294. The van der Waals surface area contributed by atoms with Crippen LogP contribution in [0.25, 0.3) is 0 Å². The van der Waals surface area contributed by atoms with Crippen LogP contribution >= 0.6 is 11.3 Å². The third kappa shape index (κ3) is 4.24. The molecule has 0 radical (unpaired) electrons. The second kappa shape index (κ2) is 7.99. The lowest BCUT2D eigenvalue weighted by Gasteiger charge is -2.31. The normalized spacial score (nSPS) is 18.0. The summed E-state index contributed by atoms with van der Waals surface area (Å²) >= 11 is 1.29. The summed E-state index contributed by atoms with van der Waals surface area (Å²) < 4.78 is 5.78. The first kappa shape index (κ1) is 17.8. The quantitative estimate of drug-likeness (QED) is 0.846. The Morgan fingerprint density at radius 3 is 2.70 bits per heavy atom. The highest BCUT2D eigenvalue weighted by Crippen LogP contribution is 2.25. The fraction of sp³-hybridized carbons (Fsp3) is 0.500. The number of likely N-dealkylation sites (tertiary alicyclic amines) is 1. The monoisotopic (exact) mass is 387 g/mol.